The Labute approximate surface area is 198 Å². The van der Waals surface area contributed by atoms with Crippen LogP contribution in [0, 0.1) is 5.82 Å². The van der Waals surface area contributed by atoms with E-state index in [0.717, 1.165) is 37.0 Å². The first-order valence-electron chi connectivity index (χ1n) is 11.5. The van der Waals surface area contributed by atoms with Crippen LogP contribution in [0.1, 0.15) is 41.2 Å². The van der Waals surface area contributed by atoms with Crippen LogP contribution in [-0.2, 0) is 14.8 Å². The highest BCUT2D eigenvalue weighted by Crippen LogP contribution is 2.38. The molecule has 3 heterocycles. The van der Waals surface area contributed by atoms with E-state index >= 15 is 0 Å². The van der Waals surface area contributed by atoms with E-state index in [1.165, 1.54) is 10.4 Å². The number of likely N-dealkylation sites (tertiary alicyclic amines) is 1. The lowest BCUT2D eigenvalue weighted by atomic mass is 10.0. The summed E-state index contributed by atoms with van der Waals surface area (Å²) in [6.07, 6.45) is 2.38. The summed E-state index contributed by atoms with van der Waals surface area (Å²) >= 11 is 0. The Morgan fingerprint density at radius 1 is 0.912 bits per heavy atom. The number of benzene rings is 2. The van der Waals surface area contributed by atoms with E-state index < -0.39 is 20.7 Å². The van der Waals surface area contributed by atoms with Gasteiger partial charge in [-0.2, -0.15) is 4.31 Å². The quantitative estimate of drug-likeness (QED) is 0.655. The molecule has 2 aromatic rings. The zero-order chi connectivity index (χ0) is 23.7. The molecule has 8 nitrogen and oxygen atoms in total. The number of carbonyl (C=O) groups excluding carboxylic acids is 1. The predicted molar refractivity (Wildman–Crippen MR) is 121 cm³/mol. The molecule has 2 fully saturated rings. The molecular weight excluding hydrogens is 463 g/mol. The van der Waals surface area contributed by atoms with E-state index in [4.69, 9.17) is 14.2 Å². The SMILES string of the molecule is O=C(c1ccc(F)c(S(=O)(=O)N2CCOCC2)c1)N1CCC[C@H]1c1ccc2c(c1)OCCCO2. The van der Waals surface area contributed by atoms with Crippen LogP contribution in [0.3, 0.4) is 0 Å². The molecule has 3 aliphatic heterocycles. The summed E-state index contributed by atoms with van der Waals surface area (Å²) in [5, 5.41) is 0. The molecule has 0 aliphatic carbocycles. The zero-order valence-electron chi connectivity index (χ0n) is 18.7. The Morgan fingerprint density at radius 2 is 1.68 bits per heavy atom. The number of rotatable bonds is 4. The number of halogens is 1. The molecule has 0 radical (unpaired) electrons. The average molecular weight is 491 g/mol. The topological polar surface area (TPSA) is 85.4 Å². The van der Waals surface area contributed by atoms with E-state index in [2.05, 4.69) is 0 Å². The minimum atomic E-state index is -4.07. The van der Waals surface area contributed by atoms with Gasteiger partial charge in [-0.15, -0.1) is 0 Å². The third-order valence-corrected chi connectivity index (χ3v) is 8.35. The Morgan fingerprint density at radius 3 is 2.47 bits per heavy atom. The molecule has 0 saturated carbocycles. The average Bonchev–Trinajstić information content (AvgIpc) is 3.23. The van der Waals surface area contributed by atoms with E-state index in [0.29, 0.717) is 31.3 Å². The summed E-state index contributed by atoms with van der Waals surface area (Å²) < 4.78 is 58.6. The summed E-state index contributed by atoms with van der Waals surface area (Å²) in [7, 11) is -4.07. The van der Waals surface area contributed by atoms with Crippen molar-refractivity contribution in [2.75, 3.05) is 46.1 Å². The maximum atomic E-state index is 14.6. The Balaban J connectivity index is 1.42. The highest BCUT2D eigenvalue weighted by atomic mass is 32.2. The molecule has 0 bridgehead atoms. The van der Waals surface area contributed by atoms with E-state index in [-0.39, 0.29) is 43.8 Å². The number of hydrogen-bond donors (Lipinski definition) is 0. The van der Waals surface area contributed by atoms with Gasteiger partial charge in [-0.3, -0.25) is 4.79 Å². The molecule has 2 saturated heterocycles. The van der Waals surface area contributed by atoms with Crippen LogP contribution in [0.15, 0.2) is 41.3 Å². The predicted octanol–water partition coefficient (Wildman–Crippen LogP) is 2.99. The molecule has 3 aliphatic rings. The Hall–Kier alpha value is -2.69. The van der Waals surface area contributed by atoms with Gasteiger partial charge in [0.15, 0.2) is 11.5 Å². The van der Waals surface area contributed by atoms with Crippen LogP contribution in [0.25, 0.3) is 0 Å². The minimum Gasteiger partial charge on any atom is -0.490 e. The molecular formula is C24H27FN2O6S. The third kappa shape index (κ3) is 4.37. The van der Waals surface area contributed by atoms with Gasteiger partial charge in [0.05, 0.1) is 32.5 Å². The first kappa shape index (κ1) is 23.1. The van der Waals surface area contributed by atoms with Crippen molar-refractivity contribution in [2.24, 2.45) is 0 Å². The lowest BCUT2D eigenvalue weighted by Gasteiger charge is -2.27. The molecule has 34 heavy (non-hydrogen) atoms. The number of fused-ring (bicyclic) bond motifs is 1. The molecule has 0 aromatic heterocycles. The molecule has 182 valence electrons. The molecule has 10 heteroatoms. The summed E-state index contributed by atoms with van der Waals surface area (Å²) in [4.78, 5) is 14.7. The Bertz CT molecular complexity index is 1180. The number of ether oxygens (including phenoxy) is 3. The second-order valence-electron chi connectivity index (χ2n) is 8.57. The highest BCUT2D eigenvalue weighted by Gasteiger charge is 2.34. The van der Waals surface area contributed by atoms with Crippen molar-refractivity contribution in [3.05, 3.63) is 53.3 Å². The zero-order valence-corrected chi connectivity index (χ0v) is 19.6. The fourth-order valence-corrected chi connectivity index (χ4v) is 6.17. The monoisotopic (exact) mass is 490 g/mol. The van der Waals surface area contributed by atoms with Crippen LogP contribution in [-0.4, -0.2) is 69.6 Å². The number of morpholine rings is 1. The lowest BCUT2D eigenvalue weighted by Crippen LogP contribution is -2.41. The number of carbonyl (C=O) groups is 1. The summed E-state index contributed by atoms with van der Waals surface area (Å²) in [5.74, 6) is 0.153. The number of sulfonamides is 1. The summed E-state index contributed by atoms with van der Waals surface area (Å²) in [6.45, 7) is 2.51. The first-order valence-corrected chi connectivity index (χ1v) is 13.0. The third-order valence-electron chi connectivity index (χ3n) is 6.44. The second-order valence-corrected chi connectivity index (χ2v) is 10.5. The first-order chi connectivity index (χ1) is 16.4. The van der Waals surface area contributed by atoms with Gasteiger partial charge in [0.2, 0.25) is 10.0 Å². The molecule has 0 unspecified atom stereocenters. The largest absolute Gasteiger partial charge is 0.490 e. The van der Waals surface area contributed by atoms with Crippen molar-refractivity contribution < 1.29 is 31.8 Å². The lowest BCUT2D eigenvalue weighted by molar-refractivity contribution is 0.0726. The van der Waals surface area contributed by atoms with Gasteiger partial charge < -0.3 is 19.1 Å². The van der Waals surface area contributed by atoms with E-state index in [1.54, 1.807) is 4.90 Å². The minimum absolute atomic E-state index is 0.148. The maximum Gasteiger partial charge on any atom is 0.254 e. The van der Waals surface area contributed by atoms with E-state index in [9.17, 15) is 17.6 Å². The second kappa shape index (κ2) is 9.52. The summed E-state index contributed by atoms with van der Waals surface area (Å²) in [6, 6.07) is 9.08. The van der Waals surface area contributed by atoms with E-state index in [1.807, 2.05) is 18.2 Å². The summed E-state index contributed by atoms with van der Waals surface area (Å²) in [5.41, 5.74) is 1.08. The van der Waals surface area contributed by atoms with Crippen LogP contribution in [0.2, 0.25) is 0 Å². The molecule has 5 rings (SSSR count). The number of amides is 1. The number of nitrogens with zero attached hydrogens (tertiary/aromatic N) is 2. The smallest absolute Gasteiger partial charge is 0.254 e. The van der Waals surface area contributed by atoms with Crippen molar-refractivity contribution in [3.8, 4) is 11.5 Å². The standard InChI is InChI=1S/C24H27FN2O6S/c25-19-6-4-18(16-23(19)34(29,30)26-9-13-31-14-10-26)24(28)27-8-1-3-20(27)17-5-7-21-22(15-17)33-12-2-11-32-21/h4-7,15-16,20H,1-3,8-14H2/t20-/m0/s1. The van der Waals surface area contributed by atoms with Crippen LogP contribution in [0.5, 0.6) is 11.5 Å². The van der Waals surface area contributed by atoms with Gasteiger partial charge in [0.25, 0.3) is 5.91 Å². The van der Waals surface area contributed by atoms with Crippen LogP contribution < -0.4 is 9.47 Å². The van der Waals surface area contributed by atoms with Crippen LogP contribution in [0.4, 0.5) is 4.39 Å². The highest BCUT2D eigenvalue weighted by molar-refractivity contribution is 7.89. The molecule has 0 spiro atoms. The van der Waals surface area contributed by atoms with Gasteiger partial charge in [0.1, 0.15) is 10.7 Å². The van der Waals surface area contributed by atoms with Gasteiger partial charge >= 0.3 is 0 Å². The van der Waals surface area contributed by atoms with Crippen LogP contribution >= 0.6 is 0 Å². The van der Waals surface area contributed by atoms with Crippen molar-refractivity contribution in [2.45, 2.75) is 30.2 Å². The van der Waals surface area contributed by atoms with Crippen molar-refractivity contribution in [1.82, 2.24) is 9.21 Å². The van der Waals surface area contributed by atoms with Gasteiger partial charge in [-0.05, 0) is 48.7 Å². The molecule has 0 N–H and O–H groups in total. The number of hydrogen-bond acceptors (Lipinski definition) is 6. The molecule has 2 aromatic carbocycles. The molecule has 1 atom stereocenters. The van der Waals surface area contributed by atoms with Gasteiger partial charge in [-0.25, -0.2) is 12.8 Å². The fraction of sp³-hybridized carbons (Fsp3) is 0.458. The normalized spacial score (nSPS) is 21.3. The Kier molecular flexibility index (Phi) is 6.46. The van der Waals surface area contributed by atoms with Gasteiger partial charge in [-0.1, -0.05) is 6.07 Å². The molecule has 1 amide bonds. The fourth-order valence-electron chi connectivity index (χ4n) is 4.67. The van der Waals surface area contributed by atoms with Crippen molar-refractivity contribution in [1.29, 1.82) is 0 Å². The van der Waals surface area contributed by atoms with Crippen molar-refractivity contribution >= 4 is 15.9 Å². The van der Waals surface area contributed by atoms with Gasteiger partial charge in [0, 0.05) is 31.6 Å². The maximum absolute atomic E-state index is 14.6. The van der Waals surface area contributed by atoms with Crippen molar-refractivity contribution in [3.63, 3.8) is 0 Å².